The predicted molar refractivity (Wildman–Crippen MR) is 153 cm³/mol. The molecule has 0 radical (unpaired) electrons. The quantitative estimate of drug-likeness (QED) is 0.102. The average molecular weight is 515 g/mol. The van der Waals surface area contributed by atoms with E-state index in [1.54, 1.807) is 0 Å². The predicted octanol–water partition coefficient (Wildman–Crippen LogP) is 9.89. The average Bonchev–Trinajstić information content (AvgIpc) is 2.83. The van der Waals surface area contributed by atoms with Crippen LogP contribution in [0.5, 0.6) is 0 Å². The minimum Gasteiger partial charge on any atom is -0.481 e. The van der Waals surface area contributed by atoms with E-state index < -0.39 is 17.4 Å². The summed E-state index contributed by atoms with van der Waals surface area (Å²) in [6.07, 6.45) is 26.6. The number of carboxylic acid groups (broad SMARTS) is 2. The lowest BCUT2D eigenvalue weighted by atomic mass is 9.79. The Bertz CT molecular complexity index is 471. The summed E-state index contributed by atoms with van der Waals surface area (Å²) in [4.78, 5) is 23.3. The fourth-order valence-electron chi connectivity index (χ4n) is 4.87. The molecule has 0 atom stereocenters. The molecule has 0 aliphatic rings. The van der Waals surface area contributed by atoms with E-state index >= 15 is 0 Å². The van der Waals surface area contributed by atoms with Crippen LogP contribution in [0.25, 0.3) is 0 Å². The highest BCUT2D eigenvalue weighted by Crippen LogP contribution is 2.36. The summed E-state index contributed by atoms with van der Waals surface area (Å²) in [5.74, 6) is -0.430. The summed E-state index contributed by atoms with van der Waals surface area (Å²) in [6, 6.07) is 0. The zero-order chi connectivity index (χ0) is 26.0. The van der Waals surface area contributed by atoms with Crippen LogP contribution in [0.2, 0.25) is 0 Å². The van der Waals surface area contributed by atoms with E-state index in [1.807, 2.05) is 0 Å². The van der Waals surface area contributed by atoms with Crippen LogP contribution in [-0.2, 0) is 9.59 Å². The molecule has 0 aromatic rings. The Kier molecular flexibility index (Phi) is 24.5. The third-order valence-electron chi connectivity index (χ3n) is 7.31. The summed E-state index contributed by atoms with van der Waals surface area (Å²) in [5.41, 5.74) is -0.691. The van der Waals surface area contributed by atoms with Crippen molar-refractivity contribution in [3.8, 4) is 0 Å². The van der Waals surface area contributed by atoms with E-state index in [4.69, 9.17) is 5.11 Å². The zero-order valence-corrected chi connectivity index (χ0v) is 24.1. The van der Waals surface area contributed by atoms with Crippen LogP contribution in [0, 0.1) is 5.41 Å². The number of rotatable bonds is 28. The molecule has 0 heterocycles. The highest BCUT2D eigenvalue weighted by Gasteiger charge is 2.37. The Hall–Kier alpha value is -0.710. The Morgan fingerprint density at radius 3 is 1.23 bits per heavy atom. The zero-order valence-electron chi connectivity index (χ0n) is 23.3. The number of hydrogen-bond donors (Lipinski definition) is 2. The molecule has 0 bridgehead atoms. The minimum atomic E-state index is -0.803. The SMILES string of the molecule is CCCCCCCCCCCCC(CCCCCCCCCCCC)(CSCCC(=O)O)C(=O)O. The van der Waals surface area contributed by atoms with Crippen LogP contribution in [0.1, 0.15) is 162 Å². The molecule has 0 amide bonds. The second-order valence-corrected chi connectivity index (χ2v) is 11.8. The molecule has 0 aliphatic heterocycles. The lowest BCUT2D eigenvalue weighted by Crippen LogP contribution is -2.34. The number of thioether (sulfide) groups is 1. The van der Waals surface area contributed by atoms with Gasteiger partial charge in [0.15, 0.2) is 0 Å². The molecule has 0 rings (SSSR count). The first-order valence-corrected chi connectivity index (χ1v) is 16.2. The van der Waals surface area contributed by atoms with Gasteiger partial charge in [0.25, 0.3) is 0 Å². The van der Waals surface area contributed by atoms with Crippen molar-refractivity contribution in [1.82, 2.24) is 0 Å². The fraction of sp³-hybridized carbons (Fsp3) is 0.933. The molecule has 208 valence electrons. The van der Waals surface area contributed by atoms with Crippen molar-refractivity contribution in [3.05, 3.63) is 0 Å². The van der Waals surface area contributed by atoms with Crippen LogP contribution in [0.15, 0.2) is 0 Å². The van der Waals surface area contributed by atoms with Crippen molar-refractivity contribution in [2.75, 3.05) is 11.5 Å². The molecule has 0 saturated heterocycles. The van der Waals surface area contributed by atoms with Gasteiger partial charge in [-0.05, 0) is 12.8 Å². The van der Waals surface area contributed by atoms with Crippen molar-refractivity contribution >= 4 is 23.7 Å². The largest absolute Gasteiger partial charge is 0.481 e. The maximum atomic E-state index is 12.4. The van der Waals surface area contributed by atoms with E-state index in [0.29, 0.717) is 11.5 Å². The van der Waals surface area contributed by atoms with Gasteiger partial charge in [0.05, 0.1) is 11.8 Å². The molecule has 0 fully saturated rings. The summed E-state index contributed by atoms with van der Waals surface area (Å²) < 4.78 is 0. The molecule has 0 aliphatic carbocycles. The molecule has 4 nitrogen and oxygen atoms in total. The topological polar surface area (TPSA) is 74.6 Å². The number of carbonyl (C=O) groups is 2. The minimum absolute atomic E-state index is 0.108. The first kappa shape index (κ1) is 34.3. The summed E-state index contributed by atoms with van der Waals surface area (Å²) >= 11 is 1.52. The Morgan fingerprint density at radius 2 is 0.914 bits per heavy atom. The normalized spacial score (nSPS) is 11.7. The molecule has 0 aromatic heterocycles. The third kappa shape index (κ3) is 21.1. The van der Waals surface area contributed by atoms with E-state index in [-0.39, 0.29) is 6.42 Å². The van der Waals surface area contributed by atoms with Crippen LogP contribution in [-0.4, -0.2) is 33.7 Å². The molecule has 2 N–H and O–H groups in total. The highest BCUT2D eigenvalue weighted by atomic mass is 32.2. The molecule has 5 heteroatoms. The van der Waals surface area contributed by atoms with Crippen molar-refractivity contribution in [1.29, 1.82) is 0 Å². The van der Waals surface area contributed by atoms with Gasteiger partial charge < -0.3 is 10.2 Å². The molecule has 0 spiro atoms. The van der Waals surface area contributed by atoms with E-state index in [2.05, 4.69) is 13.8 Å². The number of unbranched alkanes of at least 4 members (excludes halogenated alkanes) is 18. The number of hydrogen-bond acceptors (Lipinski definition) is 3. The van der Waals surface area contributed by atoms with E-state index in [9.17, 15) is 14.7 Å². The lowest BCUT2D eigenvalue weighted by molar-refractivity contribution is -0.148. The first-order valence-electron chi connectivity index (χ1n) is 15.0. The molecule has 0 unspecified atom stereocenters. The summed E-state index contributed by atoms with van der Waals surface area (Å²) in [6.45, 7) is 4.50. The van der Waals surface area contributed by atoms with Gasteiger partial charge in [0.1, 0.15) is 0 Å². The van der Waals surface area contributed by atoms with Gasteiger partial charge in [-0.3, -0.25) is 9.59 Å². The van der Waals surface area contributed by atoms with Crippen LogP contribution < -0.4 is 0 Å². The highest BCUT2D eigenvalue weighted by molar-refractivity contribution is 7.99. The van der Waals surface area contributed by atoms with Crippen LogP contribution in [0.4, 0.5) is 0 Å². The maximum absolute atomic E-state index is 12.4. The molecule has 0 saturated carbocycles. The van der Waals surface area contributed by atoms with E-state index in [0.717, 1.165) is 38.5 Å². The maximum Gasteiger partial charge on any atom is 0.310 e. The van der Waals surface area contributed by atoms with Crippen molar-refractivity contribution in [3.63, 3.8) is 0 Å². The monoisotopic (exact) mass is 514 g/mol. The molecular formula is C30H58O4S. The molecule has 35 heavy (non-hydrogen) atoms. The van der Waals surface area contributed by atoms with Crippen molar-refractivity contribution in [2.45, 2.75) is 162 Å². The summed E-state index contributed by atoms with van der Waals surface area (Å²) in [5, 5.41) is 19.1. The fourth-order valence-corrected chi connectivity index (χ4v) is 6.14. The van der Waals surface area contributed by atoms with Gasteiger partial charge in [-0.1, -0.05) is 142 Å². The van der Waals surface area contributed by atoms with Gasteiger partial charge in [-0.15, -0.1) is 0 Å². The van der Waals surface area contributed by atoms with Crippen LogP contribution >= 0.6 is 11.8 Å². The number of carboxylic acids is 2. The van der Waals surface area contributed by atoms with Crippen molar-refractivity contribution < 1.29 is 19.8 Å². The summed E-state index contributed by atoms with van der Waals surface area (Å²) in [7, 11) is 0. The molecular weight excluding hydrogens is 456 g/mol. The van der Waals surface area contributed by atoms with Crippen LogP contribution in [0.3, 0.4) is 0 Å². The standard InChI is InChI=1S/C30H58O4S/c1-3-5-7-9-11-13-15-17-19-21-24-30(29(33)34,27-35-26-23-28(31)32)25-22-20-18-16-14-12-10-8-6-4-2/h3-27H2,1-2H3,(H,31,32)(H,33,34). The van der Waals surface area contributed by atoms with Gasteiger partial charge in [-0.2, -0.15) is 11.8 Å². The Labute approximate surface area is 221 Å². The molecule has 0 aromatic carbocycles. The second-order valence-electron chi connectivity index (χ2n) is 10.6. The first-order chi connectivity index (χ1) is 17.0. The van der Waals surface area contributed by atoms with Crippen molar-refractivity contribution in [2.24, 2.45) is 5.41 Å². The van der Waals surface area contributed by atoms with Gasteiger partial charge in [0, 0.05) is 11.5 Å². The smallest absolute Gasteiger partial charge is 0.310 e. The second kappa shape index (κ2) is 25.0. The Morgan fingerprint density at radius 1 is 0.571 bits per heavy atom. The van der Waals surface area contributed by atoms with Gasteiger partial charge in [0.2, 0.25) is 0 Å². The van der Waals surface area contributed by atoms with Gasteiger partial charge >= 0.3 is 11.9 Å². The lowest BCUT2D eigenvalue weighted by Gasteiger charge is -2.29. The number of aliphatic carboxylic acids is 2. The Balaban J connectivity index is 4.34. The van der Waals surface area contributed by atoms with Gasteiger partial charge in [-0.25, -0.2) is 0 Å². The third-order valence-corrected chi connectivity index (χ3v) is 8.56. The van der Waals surface area contributed by atoms with E-state index in [1.165, 1.54) is 114 Å².